The number of nitrogens with zero attached hydrogens (tertiary/aromatic N) is 5. The molecule has 1 aliphatic carbocycles. The van der Waals surface area contributed by atoms with E-state index in [0.717, 1.165) is 56.8 Å². The van der Waals surface area contributed by atoms with Gasteiger partial charge in [0.05, 0.1) is 18.1 Å². The van der Waals surface area contributed by atoms with Crippen molar-refractivity contribution in [2.75, 3.05) is 44.2 Å². The molecule has 4 rings (SSSR count). The van der Waals surface area contributed by atoms with Crippen LogP contribution in [0.15, 0.2) is 12.4 Å². The minimum Gasteiger partial charge on any atom is -0.366 e. The standard InChI is InChI=1S/C23H37N5O.C2H6/c1-18(2)22-24-16-21(17-25-22)28-14-12-27(13-15-28)20-4-6-23(7-5-20)8-10-26(11-9-23)19(3)29;1-2/h16-18,20H,4-15H2,1-3H3;1-2H3. The van der Waals surface area contributed by atoms with Crippen LogP contribution in [0.3, 0.4) is 0 Å². The molecule has 3 fully saturated rings. The van der Waals surface area contributed by atoms with E-state index in [4.69, 9.17) is 0 Å². The van der Waals surface area contributed by atoms with E-state index in [1.165, 1.54) is 38.5 Å². The first-order valence-corrected chi connectivity index (χ1v) is 12.5. The van der Waals surface area contributed by atoms with Crippen molar-refractivity contribution in [3.05, 3.63) is 18.2 Å². The molecule has 174 valence electrons. The second-order valence-corrected chi connectivity index (χ2v) is 9.71. The molecule has 0 radical (unpaired) electrons. The minimum atomic E-state index is 0.246. The normalized spacial score (nSPS) is 22.4. The first-order chi connectivity index (χ1) is 15.0. The molecule has 2 saturated heterocycles. The predicted molar refractivity (Wildman–Crippen MR) is 127 cm³/mol. The Hall–Kier alpha value is -1.69. The molecule has 1 aromatic rings. The molecule has 0 N–H and O–H groups in total. The number of carbonyl (C=O) groups is 1. The lowest BCUT2D eigenvalue weighted by atomic mass is 9.66. The lowest BCUT2D eigenvalue weighted by molar-refractivity contribution is -0.131. The highest BCUT2D eigenvalue weighted by Gasteiger charge is 2.40. The van der Waals surface area contributed by atoms with E-state index in [1.807, 2.05) is 31.1 Å². The SMILES string of the molecule is CC.CC(=O)N1CCC2(CCC(N3CCN(c4cnc(C(C)C)nc4)CC3)CC2)CC1. The van der Waals surface area contributed by atoms with Crippen LogP contribution in [0.4, 0.5) is 5.69 Å². The summed E-state index contributed by atoms with van der Waals surface area (Å²) < 4.78 is 0. The Morgan fingerprint density at radius 3 is 1.97 bits per heavy atom. The van der Waals surface area contributed by atoms with E-state index in [0.29, 0.717) is 11.3 Å². The molecule has 3 heterocycles. The summed E-state index contributed by atoms with van der Waals surface area (Å²) >= 11 is 0. The van der Waals surface area contributed by atoms with Crippen molar-refractivity contribution in [1.29, 1.82) is 0 Å². The van der Waals surface area contributed by atoms with Crippen molar-refractivity contribution >= 4 is 11.6 Å². The molecular weight excluding hydrogens is 386 g/mol. The number of amides is 1. The summed E-state index contributed by atoms with van der Waals surface area (Å²) in [5, 5.41) is 0. The lowest BCUT2D eigenvalue weighted by Crippen LogP contribution is -2.52. The maximum atomic E-state index is 11.6. The highest BCUT2D eigenvalue weighted by Crippen LogP contribution is 2.45. The minimum absolute atomic E-state index is 0.246. The summed E-state index contributed by atoms with van der Waals surface area (Å²) in [7, 11) is 0. The van der Waals surface area contributed by atoms with Crippen molar-refractivity contribution < 1.29 is 4.79 Å². The van der Waals surface area contributed by atoms with Crippen molar-refractivity contribution in [2.45, 2.75) is 85.1 Å². The molecule has 1 saturated carbocycles. The van der Waals surface area contributed by atoms with Crippen LogP contribution in [-0.2, 0) is 4.79 Å². The number of rotatable bonds is 3. The Morgan fingerprint density at radius 1 is 0.935 bits per heavy atom. The maximum Gasteiger partial charge on any atom is 0.219 e. The van der Waals surface area contributed by atoms with Gasteiger partial charge in [0, 0.05) is 58.2 Å². The average Bonchev–Trinajstić information content (AvgIpc) is 2.81. The Morgan fingerprint density at radius 2 is 1.48 bits per heavy atom. The van der Waals surface area contributed by atoms with Gasteiger partial charge in [0.2, 0.25) is 5.91 Å². The lowest BCUT2D eigenvalue weighted by Gasteiger charge is -2.49. The average molecular weight is 430 g/mol. The van der Waals surface area contributed by atoms with Crippen LogP contribution >= 0.6 is 0 Å². The fourth-order valence-electron chi connectivity index (χ4n) is 5.51. The molecule has 2 aliphatic heterocycles. The summed E-state index contributed by atoms with van der Waals surface area (Å²) in [4.78, 5) is 27.9. The van der Waals surface area contributed by atoms with Gasteiger partial charge in [-0.05, 0) is 43.9 Å². The van der Waals surface area contributed by atoms with Crippen LogP contribution in [0.1, 0.15) is 84.9 Å². The quantitative estimate of drug-likeness (QED) is 0.716. The second kappa shape index (κ2) is 10.8. The van der Waals surface area contributed by atoms with Crippen LogP contribution < -0.4 is 4.90 Å². The fourth-order valence-corrected chi connectivity index (χ4v) is 5.51. The van der Waals surface area contributed by atoms with Gasteiger partial charge in [-0.3, -0.25) is 9.69 Å². The molecule has 1 aromatic heterocycles. The number of anilines is 1. The zero-order chi connectivity index (χ0) is 22.4. The molecular formula is C25H43N5O. The third-order valence-corrected chi connectivity index (χ3v) is 7.66. The number of hydrogen-bond donors (Lipinski definition) is 0. The fraction of sp³-hybridized carbons (Fsp3) is 0.800. The zero-order valence-electron chi connectivity index (χ0n) is 20.4. The van der Waals surface area contributed by atoms with E-state index >= 15 is 0 Å². The summed E-state index contributed by atoms with van der Waals surface area (Å²) in [6, 6.07) is 0.744. The summed E-state index contributed by atoms with van der Waals surface area (Å²) in [6.45, 7) is 16.3. The molecule has 3 aliphatic rings. The van der Waals surface area contributed by atoms with Crippen LogP contribution in [0, 0.1) is 5.41 Å². The molecule has 31 heavy (non-hydrogen) atoms. The van der Waals surface area contributed by atoms with Crippen LogP contribution in [0.25, 0.3) is 0 Å². The van der Waals surface area contributed by atoms with E-state index < -0.39 is 0 Å². The number of likely N-dealkylation sites (tertiary alicyclic amines) is 1. The van der Waals surface area contributed by atoms with E-state index in [1.54, 1.807) is 6.92 Å². The number of hydrogen-bond acceptors (Lipinski definition) is 5. The molecule has 0 unspecified atom stereocenters. The zero-order valence-corrected chi connectivity index (χ0v) is 20.4. The number of piperazine rings is 1. The summed E-state index contributed by atoms with van der Waals surface area (Å²) in [6.07, 6.45) is 11.7. The monoisotopic (exact) mass is 429 g/mol. The van der Waals surface area contributed by atoms with Crippen LogP contribution in [-0.4, -0.2) is 71.0 Å². The first-order valence-electron chi connectivity index (χ1n) is 12.5. The number of aromatic nitrogens is 2. The molecule has 1 spiro atoms. The van der Waals surface area contributed by atoms with Crippen LogP contribution in [0.2, 0.25) is 0 Å². The molecule has 0 bridgehead atoms. The van der Waals surface area contributed by atoms with Gasteiger partial charge in [0.15, 0.2) is 0 Å². The molecule has 0 atom stereocenters. The second-order valence-electron chi connectivity index (χ2n) is 9.71. The summed E-state index contributed by atoms with van der Waals surface area (Å²) in [5.74, 6) is 1.55. The third kappa shape index (κ3) is 5.76. The largest absolute Gasteiger partial charge is 0.366 e. The predicted octanol–water partition coefficient (Wildman–Crippen LogP) is 4.32. The number of carbonyl (C=O) groups excluding carboxylic acids is 1. The molecule has 1 amide bonds. The molecule has 6 nitrogen and oxygen atoms in total. The van der Waals surface area contributed by atoms with E-state index in [9.17, 15) is 4.79 Å². The number of piperidine rings is 1. The Balaban J connectivity index is 0.00000132. The maximum absolute atomic E-state index is 11.6. The van der Waals surface area contributed by atoms with Gasteiger partial charge < -0.3 is 9.80 Å². The van der Waals surface area contributed by atoms with Gasteiger partial charge in [-0.2, -0.15) is 0 Å². The van der Waals surface area contributed by atoms with Gasteiger partial charge in [0.25, 0.3) is 0 Å². The topological polar surface area (TPSA) is 52.6 Å². The van der Waals surface area contributed by atoms with Gasteiger partial charge in [0.1, 0.15) is 5.82 Å². The highest BCUT2D eigenvalue weighted by molar-refractivity contribution is 5.73. The van der Waals surface area contributed by atoms with Gasteiger partial charge in [-0.25, -0.2) is 9.97 Å². The third-order valence-electron chi connectivity index (χ3n) is 7.66. The highest BCUT2D eigenvalue weighted by atomic mass is 16.2. The van der Waals surface area contributed by atoms with Crippen LogP contribution in [0.5, 0.6) is 0 Å². The summed E-state index contributed by atoms with van der Waals surface area (Å²) in [5.41, 5.74) is 1.67. The Kier molecular flexibility index (Phi) is 8.31. The van der Waals surface area contributed by atoms with Crippen molar-refractivity contribution in [3.63, 3.8) is 0 Å². The van der Waals surface area contributed by atoms with Gasteiger partial charge >= 0.3 is 0 Å². The van der Waals surface area contributed by atoms with Crippen molar-refractivity contribution in [1.82, 2.24) is 19.8 Å². The smallest absolute Gasteiger partial charge is 0.219 e. The molecule has 0 aromatic carbocycles. The first kappa shape index (κ1) is 24.0. The Labute approximate surface area is 189 Å². The van der Waals surface area contributed by atoms with E-state index in [2.05, 4.69) is 33.6 Å². The Bertz CT molecular complexity index is 678. The van der Waals surface area contributed by atoms with Crippen molar-refractivity contribution in [3.8, 4) is 0 Å². The van der Waals surface area contributed by atoms with Gasteiger partial charge in [-0.15, -0.1) is 0 Å². The van der Waals surface area contributed by atoms with E-state index in [-0.39, 0.29) is 5.91 Å². The van der Waals surface area contributed by atoms with Crippen molar-refractivity contribution in [2.24, 2.45) is 5.41 Å². The van der Waals surface area contributed by atoms with Gasteiger partial charge in [-0.1, -0.05) is 27.7 Å². The molecule has 6 heteroatoms.